The molecular weight excluding hydrogens is 569 g/mol. The van der Waals surface area contributed by atoms with E-state index in [1.54, 1.807) is 23.1 Å². The fourth-order valence-electron chi connectivity index (χ4n) is 4.69. The predicted octanol–water partition coefficient (Wildman–Crippen LogP) is 4.93. The average Bonchev–Trinajstić information content (AvgIpc) is 3.59. The van der Waals surface area contributed by atoms with Gasteiger partial charge < -0.3 is 24.8 Å². The number of rotatable bonds is 11. The standard InChI is InChI=1S/C28H29Cl2N7O4/c1-5-18(38)6-17-13-41-14-20(17)35-28-32-11-16-7-19(23-24(29)21(39-3)8-22(40-4)25(23)30)34-27(26(16)36-28)31-9-15-10-33-37(2)12-15/h5,7-8,10-12,17,20H,1,6,9,13-14H2,2-4H3,(H,31,34)(H,32,35,36)/t17-,20+/m0/s1. The van der Waals surface area contributed by atoms with Crippen molar-refractivity contribution in [3.8, 4) is 22.8 Å². The first-order chi connectivity index (χ1) is 19.8. The summed E-state index contributed by atoms with van der Waals surface area (Å²) >= 11 is 13.4. The molecule has 0 aliphatic carbocycles. The maximum absolute atomic E-state index is 12.0. The third-order valence-corrected chi connectivity index (χ3v) is 7.57. The van der Waals surface area contributed by atoms with E-state index < -0.39 is 0 Å². The largest absolute Gasteiger partial charge is 0.495 e. The van der Waals surface area contributed by atoms with Crippen molar-refractivity contribution < 1.29 is 19.0 Å². The highest BCUT2D eigenvalue weighted by Crippen LogP contribution is 2.46. The van der Waals surface area contributed by atoms with Crippen molar-refractivity contribution in [2.75, 3.05) is 38.1 Å². The highest BCUT2D eigenvalue weighted by atomic mass is 35.5. The number of fused-ring (bicyclic) bond motifs is 1. The SMILES string of the molecule is C=CC(=O)C[C@H]1COC[C@H]1Nc1ncc2cc(-c3c(Cl)c(OC)cc(OC)c3Cl)nc(NCc3cnn(C)c3)c2n1. The van der Waals surface area contributed by atoms with E-state index in [-0.39, 0.29) is 17.7 Å². The van der Waals surface area contributed by atoms with Crippen LogP contribution in [0.4, 0.5) is 11.8 Å². The number of ketones is 1. The third-order valence-electron chi connectivity index (χ3n) is 6.82. The second-order valence-corrected chi connectivity index (χ2v) is 10.3. The summed E-state index contributed by atoms with van der Waals surface area (Å²) in [5.74, 6) is 1.62. The summed E-state index contributed by atoms with van der Waals surface area (Å²) in [6.45, 7) is 4.92. The van der Waals surface area contributed by atoms with E-state index in [1.807, 2.05) is 19.3 Å². The van der Waals surface area contributed by atoms with Crippen LogP contribution in [0.1, 0.15) is 12.0 Å². The van der Waals surface area contributed by atoms with Crippen LogP contribution in [0.15, 0.2) is 43.4 Å². The van der Waals surface area contributed by atoms with Crippen molar-refractivity contribution in [3.63, 3.8) is 0 Å². The number of pyridine rings is 1. The van der Waals surface area contributed by atoms with E-state index in [0.29, 0.717) is 81.7 Å². The second kappa shape index (κ2) is 12.3. The first-order valence-electron chi connectivity index (χ1n) is 12.8. The Labute approximate surface area is 246 Å². The van der Waals surface area contributed by atoms with Gasteiger partial charge in [0.2, 0.25) is 5.95 Å². The van der Waals surface area contributed by atoms with E-state index in [0.717, 1.165) is 5.56 Å². The molecule has 3 aromatic heterocycles. The number of anilines is 2. The molecule has 1 aliphatic heterocycles. The van der Waals surface area contributed by atoms with E-state index >= 15 is 0 Å². The summed E-state index contributed by atoms with van der Waals surface area (Å²) in [5, 5.41) is 12.2. The van der Waals surface area contributed by atoms with Gasteiger partial charge >= 0.3 is 0 Å². The zero-order valence-electron chi connectivity index (χ0n) is 22.8. The smallest absolute Gasteiger partial charge is 0.223 e. The van der Waals surface area contributed by atoms with Crippen molar-refractivity contribution in [1.82, 2.24) is 24.7 Å². The van der Waals surface area contributed by atoms with E-state index in [1.165, 1.54) is 20.3 Å². The molecule has 0 spiro atoms. The molecule has 13 heteroatoms. The molecule has 41 heavy (non-hydrogen) atoms. The topological polar surface area (TPSA) is 125 Å². The number of hydrogen-bond acceptors (Lipinski definition) is 10. The molecule has 4 aromatic rings. The number of nitrogens with zero attached hydrogens (tertiary/aromatic N) is 5. The number of ether oxygens (including phenoxy) is 3. The minimum absolute atomic E-state index is 0.0178. The summed E-state index contributed by atoms with van der Waals surface area (Å²) in [6.07, 6.45) is 7.05. The fraction of sp³-hybridized carbons (Fsp3) is 0.321. The molecule has 0 amide bonds. The van der Waals surface area contributed by atoms with Gasteiger partial charge in [0.1, 0.15) is 17.0 Å². The maximum Gasteiger partial charge on any atom is 0.223 e. The Kier molecular flexibility index (Phi) is 8.57. The number of nitrogens with one attached hydrogen (secondary N) is 2. The number of hydrogen-bond donors (Lipinski definition) is 2. The highest BCUT2D eigenvalue weighted by molar-refractivity contribution is 6.41. The molecule has 4 heterocycles. The van der Waals surface area contributed by atoms with Crippen molar-refractivity contribution in [2.24, 2.45) is 13.0 Å². The predicted molar refractivity (Wildman–Crippen MR) is 158 cm³/mol. The number of benzene rings is 1. The monoisotopic (exact) mass is 597 g/mol. The molecule has 0 radical (unpaired) electrons. The second-order valence-electron chi connectivity index (χ2n) is 9.57. The molecule has 0 unspecified atom stereocenters. The van der Waals surface area contributed by atoms with Crippen LogP contribution in [0.2, 0.25) is 10.0 Å². The van der Waals surface area contributed by atoms with E-state index in [9.17, 15) is 4.79 Å². The molecule has 1 aliphatic rings. The number of carbonyl (C=O) groups excluding carboxylic acids is 1. The van der Waals surface area contributed by atoms with Gasteiger partial charge in [-0.1, -0.05) is 29.8 Å². The lowest BCUT2D eigenvalue weighted by Gasteiger charge is -2.19. The Hall–Kier alpha value is -3.93. The number of aromatic nitrogens is 5. The third kappa shape index (κ3) is 6.07. The molecule has 0 saturated carbocycles. The van der Waals surface area contributed by atoms with Crippen LogP contribution in [0, 0.1) is 5.92 Å². The van der Waals surface area contributed by atoms with Crippen LogP contribution >= 0.6 is 23.2 Å². The molecule has 214 valence electrons. The Morgan fingerprint density at radius 1 is 1.17 bits per heavy atom. The van der Waals surface area contributed by atoms with E-state index in [4.69, 9.17) is 47.4 Å². The highest BCUT2D eigenvalue weighted by Gasteiger charge is 2.30. The van der Waals surface area contributed by atoms with Gasteiger partial charge in [0.05, 0.1) is 55.4 Å². The number of methoxy groups -OCH3 is 2. The van der Waals surface area contributed by atoms with Crippen LogP contribution in [0.25, 0.3) is 22.2 Å². The lowest BCUT2D eigenvalue weighted by atomic mass is 9.97. The molecule has 1 aromatic carbocycles. The van der Waals surface area contributed by atoms with Gasteiger partial charge in [-0.2, -0.15) is 5.10 Å². The summed E-state index contributed by atoms with van der Waals surface area (Å²) in [6, 6.07) is 3.31. The summed E-state index contributed by atoms with van der Waals surface area (Å²) < 4.78 is 18.3. The van der Waals surface area contributed by atoms with Crippen LogP contribution in [0.3, 0.4) is 0 Å². The average molecular weight is 598 g/mol. The normalized spacial score (nSPS) is 16.5. The van der Waals surface area contributed by atoms with Gasteiger partial charge in [-0.15, -0.1) is 0 Å². The lowest BCUT2D eigenvalue weighted by Crippen LogP contribution is -2.30. The van der Waals surface area contributed by atoms with Crippen molar-refractivity contribution in [2.45, 2.75) is 19.0 Å². The molecule has 2 N–H and O–H groups in total. The Morgan fingerprint density at radius 2 is 1.93 bits per heavy atom. The number of allylic oxidation sites excluding steroid dienone is 1. The lowest BCUT2D eigenvalue weighted by molar-refractivity contribution is -0.115. The minimum Gasteiger partial charge on any atom is -0.495 e. The number of aryl methyl sites for hydroxylation is 1. The summed E-state index contributed by atoms with van der Waals surface area (Å²) in [4.78, 5) is 26.2. The zero-order chi connectivity index (χ0) is 29.1. The summed E-state index contributed by atoms with van der Waals surface area (Å²) in [5.41, 5.74) is 2.47. The van der Waals surface area contributed by atoms with Crippen molar-refractivity contribution in [3.05, 3.63) is 59.0 Å². The van der Waals surface area contributed by atoms with Gasteiger partial charge in [0.15, 0.2) is 11.6 Å². The van der Waals surface area contributed by atoms with Crippen LogP contribution < -0.4 is 20.1 Å². The first-order valence-corrected chi connectivity index (χ1v) is 13.6. The van der Waals surface area contributed by atoms with E-state index in [2.05, 4.69) is 27.3 Å². The fourth-order valence-corrected chi connectivity index (χ4v) is 5.38. The molecule has 11 nitrogen and oxygen atoms in total. The van der Waals surface area contributed by atoms with Gasteiger partial charge in [-0.05, 0) is 12.1 Å². The van der Waals surface area contributed by atoms with Gasteiger partial charge in [-0.25, -0.2) is 15.0 Å². The van der Waals surface area contributed by atoms with Crippen LogP contribution in [-0.4, -0.2) is 64.0 Å². The molecule has 1 saturated heterocycles. The molecular formula is C28H29Cl2N7O4. The van der Waals surface area contributed by atoms with Gasteiger partial charge in [-0.3, -0.25) is 9.48 Å². The van der Waals surface area contributed by atoms with Gasteiger partial charge in [0.25, 0.3) is 0 Å². The molecule has 0 bridgehead atoms. The minimum atomic E-state index is -0.128. The quantitative estimate of drug-likeness (QED) is 0.230. The molecule has 1 fully saturated rings. The number of halogens is 2. The molecule has 5 rings (SSSR count). The van der Waals surface area contributed by atoms with Crippen molar-refractivity contribution in [1.29, 1.82) is 0 Å². The Morgan fingerprint density at radius 3 is 2.59 bits per heavy atom. The van der Waals surface area contributed by atoms with Crippen molar-refractivity contribution >= 4 is 51.7 Å². The van der Waals surface area contributed by atoms with Crippen LogP contribution in [0.5, 0.6) is 11.5 Å². The first kappa shape index (κ1) is 28.6. The number of carbonyl (C=O) groups is 1. The van der Waals surface area contributed by atoms with Gasteiger partial charge in [0, 0.05) is 60.9 Å². The Balaban J connectivity index is 1.56. The Bertz CT molecular complexity index is 1580. The maximum atomic E-state index is 12.0. The molecule has 2 atom stereocenters. The zero-order valence-corrected chi connectivity index (χ0v) is 24.3. The summed E-state index contributed by atoms with van der Waals surface area (Å²) in [7, 11) is 4.89. The van der Waals surface area contributed by atoms with Crippen LogP contribution in [-0.2, 0) is 23.1 Å².